The SMILES string of the molecule is CCOc1ccc(C(=O)OC(C)C(=O)Nc2c(C)n(C)n(-c3ccccc3)c2=O)cc1. The first-order valence-electron chi connectivity index (χ1n) is 9.92. The van der Waals surface area contributed by atoms with Gasteiger partial charge in [0.2, 0.25) is 0 Å². The molecule has 8 nitrogen and oxygen atoms in total. The van der Waals surface area contributed by atoms with Crippen LogP contribution in [0.4, 0.5) is 5.69 Å². The summed E-state index contributed by atoms with van der Waals surface area (Å²) in [5.74, 6) is -0.596. The molecule has 8 heteroatoms. The number of aromatic nitrogens is 2. The number of ether oxygens (including phenoxy) is 2. The molecule has 0 saturated heterocycles. The van der Waals surface area contributed by atoms with Gasteiger partial charge in [0.25, 0.3) is 11.5 Å². The minimum Gasteiger partial charge on any atom is -0.494 e. The highest BCUT2D eigenvalue weighted by Crippen LogP contribution is 2.16. The lowest BCUT2D eigenvalue weighted by Crippen LogP contribution is -2.32. The average Bonchev–Trinajstić information content (AvgIpc) is 2.98. The molecule has 1 amide bonds. The maximum absolute atomic E-state index is 12.9. The van der Waals surface area contributed by atoms with Gasteiger partial charge in [-0.3, -0.25) is 14.3 Å². The fourth-order valence-corrected chi connectivity index (χ4v) is 3.07. The van der Waals surface area contributed by atoms with Gasteiger partial charge in [-0.25, -0.2) is 9.48 Å². The van der Waals surface area contributed by atoms with Crippen molar-refractivity contribution in [3.05, 3.63) is 76.2 Å². The highest BCUT2D eigenvalue weighted by atomic mass is 16.5. The number of amides is 1. The van der Waals surface area contributed by atoms with Crippen molar-refractivity contribution < 1.29 is 19.1 Å². The molecule has 0 aliphatic rings. The van der Waals surface area contributed by atoms with E-state index in [4.69, 9.17) is 9.47 Å². The molecule has 3 aromatic rings. The van der Waals surface area contributed by atoms with Crippen LogP contribution in [-0.2, 0) is 16.6 Å². The number of rotatable bonds is 7. The molecule has 0 aliphatic heterocycles. The number of nitrogens with one attached hydrogen (secondary N) is 1. The maximum atomic E-state index is 12.9. The molecule has 1 N–H and O–H groups in total. The fourth-order valence-electron chi connectivity index (χ4n) is 3.07. The Morgan fingerprint density at radius 2 is 1.71 bits per heavy atom. The van der Waals surface area contributed by atoms with E-state index in [9.17, 15) is 14.4 Å². The molecule has 1 unspecified atom stereocenters. The van der Waals surface area contributed by atoms with Crippen LogP contribution in [0.25, 0.3) is 5.69 Å². The summed E-state index contributed by atoms with van der Waals surface area (Å²) in [6.45, 7) is 5.57. The van der Waals surface area contributed by atoms with Crippen LogP contribution >= 0.6 is 0 Å². The number of anilines is 1. The van der Waals surface area contributed by atoms with E-state index in [0.29, 0.717) is 29.3 Å². The summed E-state index contributed by atoms with van der Waals surface area (Å²) in [5.41, 5.74) is 1.32. The second-order valence-corrected chi connectivity index (χ2v) is 6.93. The topological polar surface area (TPSA) is 91.6 Å². The Morgan fingerprint density at radius 1 is 1.06 bits per heavy atom. The number of esters is 1. The molecule has 1 atom stereocenters. The van der Waals surface area contributed by atoms with E-state index < -0.39 is 18.0 Å². The highest BCUT2D eigenvalue weighted by Gasteiger charge is 2.23. The zero-order chi connectivity index (χ0) is 22.5. The normalized spacial score (nSPS) is 11.6. The van der Waals surface area contributed by atoms with Gasteiger partial charge in [0.05, 0.1) is 23.6 Å². The molecule has 0 spiro atoms. The number of nitrogens with zero attached hydrogens (tertiary/aromatic N) is 2. The number of carbonyl (C=O) groups excluding carboxylic acids is 2. The summed E-state index contributed by atoms with van der Waals surface area (Å²) >= 11 is 0. The Morgan fingerprint density at radius 3 is 2.32 bits per heavy atom. The quantitative estimate of drug-likeness (QED) is 0.590. The number of hydrogen-bond donors (Lipinski definition) is 1. The van der Waals surface area contributed by atoms with Crippen LogP contribution in [0.2, 0.25) is 0 Å². The maximum Gasteiger partial charge on any atom is 0.338 e. The molecule has 0 aliphatic carbocycles. The smallest absolute Gasteiger partial charge is 0.338 e. The van der Waals surface area contributed by atoms with Crippen LogP contribution in [0.1, 0.15) is 29.9 Å². The van der Waals surface area contributed by atoms with E-state index in [2.05, 4.69) is 5.32 Å². The number of carbonyl (C=O) groups is 2. The summed E-state index contributed by atoms with van der Waals surface area (Å²) in [7, 11) is 1.73. The second-order valence-electron chi connectivity index (χ2n) is 6.93. The molecule has 2 aromatic carbocycles. The van der Waals surface area contributed by atoms with Crippen LogP contribution in [0.3, 0.4) is 0 Å². The first-order valence-corrected chi connectivity index (χ1v) is 9.92. The van der Waals surface area contributed by atoms with Gasteiger partial charge in [0.15, 0.2) is 6.10 Å². The zero-order valence-corrected chi connectivity index (χ0v) is 17.9. The Bertz CT molecular complexity index is 1130. The lowest BCUT2D eigenvalue weighted by Gasteiger charge is -2.13. The van der Waals surface area contributed by atoms with Crippen LogP contribution in [0.5, 0.6) is 5.75 Å². The summed E-state index contributed by atoms with van der Waals surface area (Å²) in [4.78, 5) is 37.9. The molecule has 0 fully saturated rings. The minimum atomic E-state index is -1.09. The van der Waals surface area contributed by atoms with Crippen molar-refractivity contribution >= 4 is 17.6 Å². The largest absolute Gasteiger partial charge is 0.494 e. The first kappa shape index (κ1) is 21.9. The van der Waals surface area contributed by atoms with Gasteiger partial charge < -0.3 is 14.8 Å². The van der Waals surface area contributed by atoms with Gasteiger partial charge in [0, 0.05) is 7.05 Å². The third-order valence-corrected chi connectivity index (χ3v) is 4.86. The van der Waals surface area contributed by atoms with Gasteiger partial charge in [-0.1, -0.05) is 18.2 Å². The van der Waals surface area contributed by atoms with E-state index in [-0.39, 0.29) is 11.2 Å². The molecule has 1 aromatic heterocycles. The van der Waals surface area contributed by atoms with E-state index in [1.54, 1.807) is 55.1 Å². The Kier molecular flexibility index (Phi) is 6.59. The van der Waals surface area contributed by atoms with Crippen molar-refractivity contribution in [2.75, 3.05) is 11.9 Å². The van der Waals surface area contributed by atoms with Crippen molar-refractivity contribution in [2.45, 2.75) is 26.9 Å². The lowest BCUT2D eigenvalue weighted by molar-refractivity contribution is -0.123. The van der Waals surface area contributed by atoms with Crippen molar-refractivity contribution in [3.8, 4) is 11.4 Å². The minimum absolute atomic E-state index is 0.139. The van der Waals surface area contributed by atoms with E-state index >= 15 is 0 Å². The molecule has 1 heterocycles. The molecular formula is C23H25N3O5. The molecule has 0 radical (unpaired) electrons. The van der Waals surface area contributed by atoms with Gasteiger partial charge in [-0.2, -0.15) is 0 Å². The van der Waals surface area contributed by atoms with Crippen molar-refractivity contribution in [2.24, 2.45) is 7.05 Å². The predicted molar refractivity (Wildman–Crippen MR) is 117 cm³/mol. The monoisotopic (exact) mass is 423 g/mol. The average molecular weight is 423 g/mol. The third kappa shape index (κ3) is 4.69. The number of hydrogen-bond acceptors (Lipinski definition) is 5. The Labute approximate surface area is 180 Å². The van der Waals surface area contributed by atoms with Crippen LogP contribution in [-0.4, -0.2) is 34.0 Å². The molecule has 0 bridgehead atoms. The van der Waals surface area contributed by atoms with Crippen LogP contribution in [0, 0.1) is 6.92 Å². The summed E-state index contributed by atoms with van der Waals surface area (Å²) in [6.07, 6.45) is -1.09. The molecular weight excluding hydrogens is 398 g/mol. The van der Waals surface area contributed by atoms with Gasteiger partial charge in [0.1, 0.15) is 11.4 Å². The summed E-state index contributed by atoms with van der Waals surface area (Å²) < 4.78 is 13.7. The number of benzene rings is 2. The Balaban J connectivity index is 1.73. The molecule has 3 rings (SSSR count). The summed E-state index contributed by atoms with van der Waals surface area (Å²) in [6, 6.07) is 15.5. The molecule has 31 heavy (non-hydrogen) atoms. The number of para-hydroxylation sites is 1. The van der Waals surface area contributed by atoms with Gasteiger partial charge >= 0.3 is 5.97 Å². The van der Waals surface area contributed by atoms with Crippen LogP contribution in [0.15, 0.2) is 59.4 Å². The summed E-state index contributed by atoms with van der Waals surface area (Å²) in [5, 5.41) is 2.60. The molecule has 162 valence electrons. The van der Waals surface area contributed by atoms with Crippen molar-refractivity contribution in [1.82, 2.24) is 9.36 Å². The van der Waals surface area contributed by atoms with Crippen molar-refractivity contribution in [1.29, 1.82) is 0 Å². The lowest BCUT2D eigenvalue weighted by atomic mass is 10.2. The zero-order valence-electron chi connectivity index (χ0n) is 17.9. The Hall–Kier alpha value is -3.81. The van der Waals surface area contributed by atoms with E-state index in [1.807, 2.05) is 25.1 Å². The third-order valence-electron chi connectivity index (χ3n) is 4.86. The second kappa shape index (κ2) is 9.34. The first-order chi connectivity index (χ1) is 14.8. The van der Waals surface area contributed by atoms with E-state index in [1.165, 1.54) is 11.6 Å². The molecule has 0 saturated carbocycles. The highest BCUT2D eigenvalue weighted by molar-refractivity contribution is 5.97. The van der Waals surface area contributed by atoms with Crippen molar-refractivity contribution in [3.63, 3.8) is 0 Å². The van der Waals surface area contributed by atoms with E-state index in [0.717, 1.165) is 0 Å². The standard InChI is InChI=1S/C23H25N3O5/c1-5-30-19-13-11-17(12-14-19)23(29)31-16(3)21(27)24-20-15(2)25(4)26(22(20)28)18-9-7-6-8-10-18/h6-14,16H,5H2,1-4H3,(H,24,27). The fraction of sp³-hybridized carbons (Fsp3) is 0.261. The predicted octanol–water partition coefficient (Wildman–Crippen LogP) is 3.07. The van der Waals surface area contributed by atoms with Gasteiger partial charge in [-0.15, -0.1) is 0 Å². The van der Waals surface area contributed by atoms with Gasteiger partial charge in [-0.05, 0) is 57.2 Å². The van der Waals surface area contributed by atoms with Crippen LogP contribution < -0.4 is 15.6 Å².